The van der Waals surface area contributed by atoms with Gasteiger partial charge in [0.25, 0.3) is 0 Å². The van der Waals surface area contributed by atoms with Gasteiger partial charge in [-0.2, -0.15) is 13.2 Å². The zero-order valence-corrected chi connectivity index (χ0v) is 10.7. The Bertz CT molecular complexity index is 500. The lowest BCUT2D eigenvalue weighted by atomic mass is 10.2. The zero-order chi connectivity index (χ0) is 15.2. The number of halogens is 4. The molecule has 0 aliphatic rings. The van der Waals surface area contributed by atoms with Crippen LogP contribution in [0.25, 0.3) is 6.08 Å². The minimum Gasteiger partial charge on any atom is -0.478 e. The highest BCUT2D eigenvalue weighted by atomic mass is 35.5. The maximum atomic E-state index is 11.8. The molecule has 1 aromatic carbocycles. The van der Waals surface area contributed by atoms with Gasteiger partial charge in [-0.3, -0.25) is 0 Å². The van der Waals surface area contributed by atoms with E-state index in [1.165, 1.54) is 24.3 Å². The molecule has 0 atom stereocenters. The fourth-order valence-corrected chi connectivity index (χ4v) is 1.39. The highest BCUT2D eigenvalue weighted by Crippen LogP contribution is 2.24. The highest BCUT2D eigenvalue weighted by Gasteiger charge is 2.27. The molecule has 0 radical (unpaired) electrons. The van der Waals surface area contributed by atoms with Gasteiger partial charge in [-0.1, -0.05) is 11.6 Å². The third kappa shape index (κ3) is 6.44. The quantitative estimate of drug-likeness (QED) is 0.497. The van der Waals surface area contributed by atoms with Gasteiger partial charge in [0.05, 0.1) is 0 Å². The topological polar surface area (TPSA) is 55.8 Å². The van der Waals surface area contributed by atoms with E-state index in [4.69, 9.17) is 21.4 Å². The first kappa shape index (κ1) is 16.3. The van der Waals surface area contributed by atoms with Crippen molar-refractivity contribution in [1.82, 2.24) is 0 Å². The predicted octanol–water partition coefficient (Wildman–Crippen LogP) is 3.35. The molecule has 0 spiro atoms. The minimum atomic E-state index is -4.44. The van der Waals surface area contributed by atoms with Gasteiger partial charge in [0.1, 0.15) is 12.4 Å². The van der Waals surface area contributed by atoms with E-state index in [1.807, 2.05) is 0 Å². The van der Waals surface area contributed by atoms with Crippen LogP contribution < -0.4 is 4.74 Å². The Labute approximate surface area is 117 Å². The molecular formula is C12H10ClF3O4. The van der Waals surface area contributed by atoms with E-state index < -0.39 is 25.5 Å². The summed E-state index contributed by atoms with van der Waals surface area (Å²) in [5, 5.41) is 8.86. The first-order chi connectivity index (χ1) is 9.28. The van der Waals surface area contributed by atoms with Gasteiger partial charge in [0, 0.05) is 16.7 Å². The second-order valence-corrected chi connectivity index (χ2v) is 4.02. The third-order valence-corrected chi connectivity index (χ3v) is 2.18. The third-order valence-electron chi connectivity index (χ3n) is 1.94. The number of rotatable bonds is 6. The molecule has 0 saturated carbocycles. The van der Waals surface area contributed by atoms with E-state index in [2.05, 4.69) is 4.74 Å². The van der Waals surface area contributed by atoms with Crippen molar-refractivity contribution in [1.29, 1.82) is 0 Å². The normalized spacial score (nSPS) is 11.8. The van der Waals surface area contributed by atoms with E-state index in [0.29, 0.717) is 10.6 Å². The van der Waals surface area contributed by atoms with Crippen LogP contribution in [-0.4, -0.2) is 30.7 Å². The fraction of sp³-hybridized carbons (Fsp3) is 0.250. The minimum absolute atomic E-state index is 0.161. The molecule has 1 rings (SSSR count). The van der Waals surface area contributed by atoms with Crippen molar-refractivity contribution in [3.05, 3.63) is 34.9 Å². The Morgan fingerprint density at radius 1 is 1.40 bits per heavy atom. The van der Waals surface area contributed by atoms with Crippen molar-refractivity contribution in [3.63, 3.8) is 0 Å². The van der Waals surface area contributed by atoms with Crippen LogP contribution in [0.1, 0.15) is 5.56 Å². The lowest BCUT2D eigenvalue weighted by Gasteiger charge is -2.11. The molecule has 0 heterocycles. The Morgan fingerprint density at radius 3 is 2.70 bits per heavy atom. The van der Waals surface area contributed by atoms with Crippen LogP contribution in [0.4, 0.5) is 13.2 Å². The van der Waals surface area contributed by atoms with Gasteiger partial charge >= 0.3 is 12.1 Å². The molecule has 4 nitrogen and oxygen atoms in total. The maximum Gasteiger partial charge on any atom is 0.411 e. The molecule has 20 heavy (non-hydrogen) atoms. The smallest absolute Gasteiger partial charge is 0.411 e. The van der Waals surface area contributed by atoms with Crippen molar-refractivity contribution in [3.8, 4) is 5.75 Å². The molecule has 110 valence electrons. The molecule has 1 N–H and O–H groups in total. The Kier molecular flexibility index (Phi) is 5.84. The summed E-state index contributed by atoms with van der Waals surface area (Å²) in [5.41, 5.74) is 0.315. The van der Waals surface area contributed by atoms with Gasteiger partial charge in [-0.15, -0.1) is 0 Å². The monoisotopic (exact) mass is 310 g/mol. The van der Waals surface area contributed by atoms with Gasteiger partial charge in [-0.25, -0.2) is 4.79 Å². The molecule has 0 amide bonds. The summed E-state index contributed by atoms with van der Waals surface area (Å²) in [7, 11) is 0. The summed E-state index contributed by atoms with van der Waals surface area (Å²) in [6.07, 6.45) is -2.36. The van der Waals surface area contributed by atoms with Crippen LogP contribution >= 0.6 is 11.6 Å². The summed E-state index contributed by atoms with van der Waals surface area (Å²) in [4.78, 5) is 10.4. The van der Waals surface area contributed by atoms with E-state index in [0.717, 1.165) is 6.08 Å². The number of hydrogen-bond donors (Lipinski definition) is 1. The Balaban J connectivity index is 2.67. The summed E-state index contributed by atoms with van der Waals surface area (Å²) < 4.78 is 44.8. The average Bonchev–Trinajstić information content (AvgIpc) is 2.32. The van der Waals surface area contributed by atoms with Crippen LogP contribution in [0.3, 0.4) is 0 Å². The Hall–Kier alpha value is -1.73. The van der Waals surface area contributed by atoms with Crippen molar-refractivity contribution < 1.29 is 32.5 Å². The second-order valence-electron chi connectivity index (χ2n) is 3.58. The van der Waals surface area contributed by atoms with E-state index in [9.17, 15) is 18.0 Å². The summed E-state index contributed by atoms with van der Waals surface area (Å²) in [6.45, 7) is -2.05. The molecule has 8 heteroatoms. The molecule has 0 saturated heterocycles. The first-order valence-corrected chi connectivity index (χ1v) is 5.63. The molecule has 1 aromatic rings. The molecule has 0 bridgehead atoms. The number of hydrogen-bond acceptors (Lipinski definition) is 3. The first-order valence-electron chi connectivity index (χ1n) is 5.26. The van der Waals surface area contributed by atoms with E-state index in [-0.39, 0.29) is 5.75 Å². The molecule has 0 aliphatic heterocycles. The largest absolute Gasteiger partial charge is 0.478 e. The number of benzene rings is 1. The van der Waals surface area contributed by atoms with E-state index in [1.54, 1.807) is 0 Å². The van der Waals surface area contributed by atoms with Crippen molar-refractivity contribution in [2.45, 2.75) is 6.18 Å². The number of alkyl halides is 3. The molecule has 0 aromatic heterocycles. The number of carboxylic acids is 1. The standard InChI is InChI=1S/C12H10ClF3O4/c13-9-2-3-10(8(5-9)1-4-11(17)18)20-7-19-6-12(14,15)16/h1-5H,6-7H2,(H,17,18)/b4-1+. The van der Waals surface area contributed by atoms with Gasteiger partial charge in [0.15, 0.2) is 6.79 Å². The zero-order valence-electron chi connectivity index (χ0n) is 9.98. The summed E-state index contributed by atoms with van der Waals surface area (Å²) in [6, 6.07) is 4.28. The van der Waals surface area contributed by atoms with Crippen LogP contribution in [0, 0.1) is 0 Å². The van der Waals surface area contributed by atoms with Gasteiger partial charge in [-0.05, 0) is 24.3 Å². The lowest BCUT2D eigenvalue weighted by Crippen LogP contribution is -2.19. The maximum absolute atomic E-state index is 11.8. The number of carboxylic acid groups (broad SMARTS) is 1. The highest BCUT2D eigenvalue weighted by molar-refractivity contribution is 6.30. The van der Waals surface area contributed by atoms with Gasteiger partial charge in [0.2, 0.25) is 0 Å². The van der Waals surface area contributed by atoms with Crippen LogP contribution in [0.2, 0.25) is 5.02 Å². The second kappa shape index (κ2) is 7.16. The SMILES string of the molecule is O=C(O)/C=C/c1cc(Cl)ccc1OCOCC(F)(F)F. The van der Waals surface area contributed by atoms with Crippen molar-refractivity contribution in [2.24, 2.45) is 0 Å². The van der Waals surface area contributed by atoms with Crippen molar-refractivity contribution in [2.75, 3.05) is 13.4 Å². The number of aliphatic carboxylic acids is 1. The van der Waals surface area contributed by atoms with E-state index >= 15 is 0 Å². The molecule has 0 unspecified atom stereocenters. The summed E-state index contributed by atoms with van der Waals surface area (Å²) >= 11 is 5.74. The van der Waals surface area contributed by atoms with Crippen LogP contribution in [-0.2, 0) is 9.53 Å². The average molecular weight is 311 g/mol. The Morgan fingerprint density at radius 2 is 2.10 bits per heavy atom. The lowest BCUT2D eigenvalue weighted by molar-refractivity contribution is -0.186. The summed E-state index contributed by atoms with van der Waals surface area (Å²) in [5.74, 6) is -1.02. The number of carbonyl (C=O) groups is 1. The molecule has 0 fully saturated rings. The molecular weight excluding hydrogens is 301 g/mol. The number of ether oxygens (including phenoxy) is 2. The van der Waals surface area contributed by atoms with Crippen LogP contribution in [0.5, 0.6) is 5.75 Å². The molecule has 0 aliphatic carbocycles. The van der Waals surface area contributed by atoms with Crippen molar-refractivity contribution >= 4 is 23.6 Å². The van der Waals surface area contributed by atoms with Crippen LogP contribution in [0.15, 0.2) is 24.3 Å². The van der Waals surface area contributed by atoms with Gasteiger partial charge < -0.3 is 14.6 Å². The fourth-order valence-electron chi connectivity index (χ4n) is 1.20. The predicted molar refractivity (Wildman–Crippen MR) is 65.6 cm³/mol.